The van der Waals surface area contributed by atoms with Crippen LogP contribution >= 0.6 is 11.6 Å². The van der Waals surface area contributed by atoms with Crippen molar-refractivity contribution in [2.45, 2.75) is 18.9 Å². The molecule has 0 fully saturated rings. The van der Waals surface area contributed by atoms with E-state index in [2.05, 4.69) is 5.32 Å². The van der Waals surface area contributed by atoms with Crippen LogP contribution in [0, 0.1) is 5.82 Å². The zero-order chi connectivity index (χ0) is 15.5. The van der Waals surface area contributed by atoms with E-state index in [9.17, 15) is 14.3 Å². The summed E-state index contributed by atoms with van der Waals surface area (Å²) < 4.78 is 13.2. The topological polar surface area (TPSA) is 49.3 Å². The van der Waals surface area contributed by atoms with Crippen LogP contribution in [-0.4, -0.2) is 16.6 Å². The highest BCUT2D eigenvalue weighted by Crippen LogP contribution is 2.22. The second-order valence-electron chi connectivity index (χ2n) is 5.08. The van der Waals surface area contributed by atoms with E-state index >= 15 is 0 Å². The average Bonchev–Trinajstić information content (AvgIpc) is 2.41. The molecule has 0 heterocycles. The lowest BCUT2D eigenvalue weighted by Crippen LogP contribution is -2.45. The molecule has 1 atom stereocenters. The van der Waals surface area contributed by atoms with Gasteiger partial charge in [0.05, 0.1) is 0 Å². The Labute approximate surface area is 127 Å². The van der Waals surface area contributed by atoms with E-state index in [1.54, 1.807) is 43.3 Å². The number of carboxylic acids is 1. The largest absolute Gasteiger partial charge is 0.480 e. The van der Waals surface area contributed by atoms with Gasteiger partial charge in [-0.1, -0.05) is 23.7 Å². The van der Waals surface area contributed by atoms with Crippen LogP contribution in [0.15, 0.2) is 48.5 Å². The molecule has 0 spiro atoms. The summed E-state index contributed by atoms with van der Waals surface area (Å²) in [5.74, 6) is -1.39. The monoisotopic (exact) mass is 307 g/mol. The van der Waals surface area contributed by atoms with Gasteiger partial charge in [0.2, 0.25) is 0 Å². The van der Waals surface area contributed by atoms with Crippen LogP contribution in [0.5, 0.6) is 0 Å². The number of carbonyl (C=O) groups is 1. The normalized spacial score (nSPS) is 13.5. The van der Waals surface area contributed by atoms with Crippen molar-refractivity contribution in [1.82, 2.24) is 0 Å². The van der Waals surface area contributed by atoms with Crippen molar-refractivity contribution in [2.75, 3.05) is 5.32 Å². The van der Waals surface area contributed by atoms with Crippen LogP contribution in [0.4, 0.5) is 10.1 Å². The minimum atomic E-state index is -1.25. The predicted octanol–water partition coefficient (Wildman–Crippen LogP) is 3.98. The van der Waals surface area contributed by atoms with Crippen molar-refractivity contribution < 1.29 is 14.3 Å². The Morgan fingerprint density at radius 1 is 1.29 bits per heavy atom. The standard InChI is InChI=1S/C16H15ClFNO2/c1-16(15(20)21,10-11-3-2-4-13(18)9-11)19-14-7-5-12(17)6-8-14/h2-9,19H,10H2,1H3,(H,20,21). The first kappa shape index (κ1) is 15.3. The lowest BCUT2D eigenvalue weighted by Gasteiger charge is -2.27. The summed E-state index contributed by atoms with van der Waals surface area (Å²) in [4.78, 5) is 11.6. The third kappa shape index (κ3) is 3.95. The molecule has 0 aliphatic carbocycles. The maximum atomic E-state index is 13.2. The van der Waals surface area contributed by atoms with Gasteiger partial charge in [-0.15, -0.1) is 0 Å². The lowest BCUT2D eigenvalue weighted by atomic mass is 9.92. The van der Waals surface area contributed by atoms with Crippen molar-refractivity contribution in [1.29, 1.82) is 0 Å². The number of benzene rings is 2. The lowest BCUT2D eigenvalue weighted by molar-refractivity contribution is -0.141. The Morgan fingerprint density at radius 2 is 1.95 bits per heavy atom. The van der Waals surface area contributed by atoms with Crippen molar-refractivity contribution in [2.24, 2.45) is 0 Å². The van der Waals surface area contributed by atoms with E-state index in [4.69, 9.17) is 11.6 Å². The Kier molecular flexibility index (Phi) is 4.48. The van der Waals surface area contributed by atoms with Crippen LogP contribution in [0.2, 0.25) is 5.02 Å². The molecule has 2 N–H and O–H groups in total. The molecule has 1 unspecified atom stereocenters. The van der Waals surface area contributed by atoms with Gasteiger partial charge in [0.1, 0.15) is 11.4 Å². The molecule has 0 bridgehead atoms. The minimum Gasteiger partial charge on any atom is -0.480 e. The van der Waals surface area contributed by atoms with Gasteiger partial charge in [-0.05, 0) is 48.9 Å². The molecule has 2 rings (SSSR count). The Bertz CT molecular complexity index is 645. The zero-order valence-electron chi connectivity index (χ0n) is 11.4. The summed E-state index contributed by atoms with van der Waals surface area (Å²) in [6.07, 6.45) is 0.155. The van der Waals surface area contributed by atoms with E-state index < -0.39 is 11.5 Å². The zero-order valence-corrected chi connectivity index (χ0v) is 12.2. The van der Waals surface area contributed by atoms with Gasteiger partial charge in [-0.3, -0.25) is 0 Å². The molecule has 3 nitrogen and oxygen atoms in total. The van der Waals surface area contributed by atoms with E-state index in [-0.39, 0.29) is 12.2 Å². The third-order valence-corrected chi connectivity index (χ3v) is 3.44. The summed E-state index contributed by atoms with van der Waals surface area (Å²) in [5.41, 5.74) is 0.00352. The second kappa shape index (κ2) is 6.14. The van der Waals surface area contributed by atoms with Crippen LogP contribution < -0.4 is 5.32 Å². The predicted molar refractivity (Wildman–Crippen MR) is 81.2 cm³/mol. The number of rotatable bonds is 5. The fourth-order valence-corrected chi connectivity index (χ4v) is 2.21. The molecular formula is C16H15ClFNO2. The maximum Gasteiger partial charge on any atom is 0.329 e. The van der Waals surface area contributed by atoms with Gasteiger partial charge in [0.25, 0.3) is 0 Å². The third-order valence-electron chi connectivity index (χ3n) is 3.18. The van der Waals surface area contributed by atoms with Crippen molar-refractivity contribution in [3.05, 3.63) is 64.9 Å². The number of carboxylic acid groups (broad SMARTS) is 1. The van der Waals surface area contributed by atoms with Crippen LogP contribution in [0.25, 0.3) is 0 Å². The summed E-state index contributed by atoms with van der Waals surface area (Å²) in [6.45, 7) is 1.56. The van der Waals surface area contributed by atoms with Crippen molar-refractivity contribution in [3.8, 4) is 0 Å². The Hall–Kier alpha value is -2.07. The average molecular weight is 308 g/mol. The molecule has 0 aliphatic rings. The summed E-state index contributed by atoms with van der Waals surface area (Å²) in [5, 5.41) is 13.0. The highest BCUT2D eigenvalue weighted by Gasteiger charge is 2.33. The molecule has 5 heteroatoms. The first-order valence-electron chi connectivity index (χ1n) is 6.41. The first-order chi connectivity index (χ1) is 9.89. The molecule has 2 aromatic carbocycles. The Morgan fingerprint density at radius 3 is 2.52 bits per heavy atom. The number of hydrogen-bond donors (Lipinski definition) is 2. The summed E-state index contributed by atoms with van der Waals surface area (Å²) in [7, 11) is 0. The minimum absolute atomic E-state index is 0.155. The number of aliphatic carboxylic acids is 1. The number of hydrogen-bond acceptors (Lipinski definition) is 2. The summed E-state index contributed by atoms with van der Waals surface area (Å²) >= 11 is 5.81. The maximum absolute atomic E-state index is 13.2. The van der Waals surface area contributed by atoms with Crippen molar-refractivity contribution in [3.63, 3.8) is 0 Å². The second-order valence-corrected chi connectivity index (χ2v) is 5.51. The van der Waals surface area contributed by atoms with E-state index in [0.717, 1.165) is 0 Å². The highest BCUT2D eigenvalue weighted by atomic mass is 35.5. The highest BCUT2D eigenvalue weighted by molar-refractivity contribution is 6.30. The van der Waals surface area contributed by atoms with Gasteiger partial charge in [-0.25, -0.2) is 9.18 Å². The molecule has 0 saturated heterocycles. The Balaban J connectivity index is 2.23. The van der Waals surface area contributed by atoms with E-state index in [1.165, 1.54) is 12.1 Å². The molecule has 0 radical (unpaired) electrons. The van der Waals surface area contributed by atoms with Gasteiger partial charge in [0, 0.05) is 17.1 Å². The van der Waals surface area contributed by atoms with Gasteiger partial charge < -0.3 is 10.4 Å². The fourth-order valence-electron chi connectivity index (χ4n) is 2.08. The summed E-state index contributed by atoms with van der Waals surface area (Å²) in [6, 6.07) is 12.7. The molecule has 2 aromatic rings. The van der Waals surface area contributed by atoms with E-state index in [0.29, 0.717) is 16.3 Å². The van der Waals surface area contributed by atoms with Crippen molar-refractivity contribution >= 4 is 23.3 Å². The molecule has 0 saturated carbocycles. The van der Waals surface area contributed by atoms with Gasteiger partial charge >= 0.3 is 5.97 Å². The van der Waals surface area contributed by atoms with Crippen LogP contribution in [0.3, 0.4) is 0 Å². The van der Waals surface area contributed by atoms with E-state index in [1.807, 2.05) is 0 Å². The van der Waals surface area contributed by atoms with Crippen LogP contribution in [0.1, 0.15) is 12.5 Å². The smallest absolute Gasteiger partial charge is 0.329 e. The molecule has 0 aromatic heterocycles. The SMILES string of the molecule is CC(Cc1cccc(F)c1)(Nc1ccc(Cl)cc1)C(=O)O. The molecule has 110 valence electrons. The number of halogens is 2. The molecule has 0 amide bonds. The number of anilines is 1. The number of nitrogens with one attached hydrogen (secondary N) is 1. The quantitative estimate of drug-likeness (QED) is 0.878. The fraction of sp³-hybridized carbons (Fsp3) is 0.188. The molecular weight excluding hydrogens is 293 g/mol. The van der Waals surface area contributed by atoms with Gasteiger partial charge in [0.15, 0.2) is 0 Å². The molecule has 21 heavy (non-hydrogen) atoms. The van der Waals surface area contributed by atoms with Crippen LogP contribution in [-0.2, 0) is 11.2 Å². The molecule has 0 aliphatic heterocycles. The van der Waals surface area contributed by atoms with Gasteiger partial charge in [-0.2, -0.15) is 0 Å². The first-order valence-corrected chi connectivity index (χ1v) is 6.78.